The topological polar surface area (TPSA) is 35.6 Å². The molecule has 2 atom stereocenters. The number of nitrogens with one attached hydrogen (secondary N) is 1. The predicted molar refractivity (Wildman–Crippen MR) is 161 cm³/mol. The van der Waals surface area contributed by atoms with Gasteiger partial charge in [-0.2, -0.15) is 0 Å². The molecule has 4 nitrogen and oxygen atoms in total. The van der Waals surface area contributed by atoms with Crippen molar-refractivity contribution in [2.75, 3.05) is 46.8 Å². The van der Waals surface area contributed by atoms with Gasteiger partial charge in [0.1, 0.15) is 0 Å². The summed E-state index contributed by atoms with van der Waals surface area (Å²) in [6.45, 7) is 17.2. The van der Waals surface area contributed by atoms with E-state index in [1.165, 1.54) is 103 Å². The molecule has 0 spiro atoms. The number of carbonyl (C=O) groups excluding carboxylic acids is 1. The van der Waals surface area contributed by atoms with E-state index in [4.69, 9.17) is 0 Å². The van der Waals surface area contributed by atoms with E-state index in [0.29, 0.717) is 6.42 Å². The van der Waals surface area contributed by atoms with Crippen LogP contribution in [-0.2, 0) is 4.79 Å². The molecule has 0 aromatic heterocycles. The van der Waals surface area contributed by atoms with E-state index in [-0.39, 0.29) is 5.91 Å². The molecule has 4 heteroatoms. The predicted octanol–water partition coefficient (Wildman–Crippen LogP) is 8.16. The van der Waals surface area contributed by atoms with Crippen molar-refractivity contribution in [3.8, 4) is 0 Å². The van der Waals surface area contributed by atoms with Crippen LogP contribution in [0.5, 0.6) is 0 Å². The van der Waals surface area contributed by atoms with Gasteiger partial charge in [-0.3, -0.25) is 4.79 Å². The Labute approximate surface area is 227 Å². The van der Waals surface area contributed by atoms with Crippen molar-refractivity contribution in [2.24, 2.45) is 17.8 Å². The van der Waals surface area contributed by atoms with Crippen molar-refractivity contribution in [3.05, 3.63) is 0 Å². The summed E-state index contributed by atoms with van der Waals surface area (Å²) in [4.78, 5) is 16.0. The first-order valence-electron chi connectivity index (χ1n) is 15.9. The van der Waals surface area contributed by atoms with Gasteiger partial charge in [0.15, 0.2) is 0 Å². The fraction of sp³-hybridized carbons (Fsp3) is 0.969. The second kappa shape index (κ2) is 24.7. The Morgan fingerprint density at radius 1 is 0.639 bits per heavy atom. The van der Waals surface area contributed by atoms with Crippen LogP contribution in [0, 0.1) is 17.8 Å². The Kier molecular flexibility index (Phi) is 24.3. The molecule has 0 aliphatic rings. The van der Waals surface area contributed by atoms with Gasteiger partial charge in [-0.05, 0) is 83.0 Å². The lowest BCUT2D eigenvalue weighted by Gasteiger charge is -2.22. The van der Waals surface area contributed by atoms with Crippen LogP contribution >= 0.6 is 0 Å². The van der Waals surface area contributed by atoms with Crippen molar-refractivity contribution in [1.29, 1.82) is 0 Å². The summed E-state index contributed by atoms with van der Waals surface area (Å²) < 4.78 is 0. The van der Waals surface area contributed by atoms with Gasteiger partial charge in [-0.1, -0.05) is 92.4 Å². The standard InChI is InChI=1S/C32H67N3O/c1-8-32(36)35(7)27-18-14-16-24-33-25-19-21-30(4)22-23-31(5)28-34(6)26-17-13-11-9-10-12-15-20-29(2)3/h29-31,33H,8-28H2,1-7H3. The van der Waals surface area contributed by atoms with Gasteiger partial charge in [0.2, 0.25) is 5.91 Å². The highest BCUT2D eigenvalue weighted by Gasteiger charge is 2.10. The maximum Gasteiger partial charge on any atom is 0.222 e. The average Bonchev–Trinajstić information content (AvgIpc) is 2.84. The Hall–Kier alpha value is -0.610. The molecule has 0 saturated heterocycles. The third-order valence-corrected chi connectivity index (χ3v) is 7.72. The molecule has 0 heterocycles. The molecule has 1 amide bonds. The highest BCUT2D eigenvalue weighted by molar-refractivity contribution is 5.75. The number of hydrogen-bond acceptors (Lipinski definition) is 3. The second-order valence-corrected chi connectivity index (χ2v) is 12.3. The summed E-state index contributed by atoms with van der Waals surface area (Å²) in [5.74, 6) is 2.78. The van der Waals surface area contributed by atoms with Gasteiger partial charge in [-0.25, -0.2) is 0 Å². The number of nitrogens with zero attached hydrogens (tertiary/aromatic N) is 2. The van der Waals surface area contributed by atoms with Crippen LogP contribution in [-0.4, -0.2) is 62.5 Å². The maximum absolute atomic E-state index is 11.5. The van der Waals surface area contributed by atoms with E-state index in [2.05, 4.69) is 45.0 Å². The van der Waals surface area contributed by atoms with E-state index >= 15 is 0 Å². The Bertz CT molecular complexity index is 482. The molecule has 0 rings (SSSR count). The zero-order valence-electron chi connectivity index (χ0n) is 25.9. The highest BCUT2D eigenvalue weighted by Crippen LogP contribution is 2.18. The molecule has 0 saturated carbocycles. The number of unbranched alkanes of at least 4 members (excludes halogenated alkanes) is 8. The van der Waals surface area contributed by atoms with Crippen molar-refractivity contribution in [2.45, 2.75) is 137 Å². The van der Waals surface area contributed by atoms with Crippen LogP contribution in [0.25, 0.3) is 0 Å². The van der Waals surface area contributed by atoms with Gasteiger partial charge in [-0.15, -0.1) is 0 Å². The van der Waals surface area contributed by atoms with Crippen LogP contribution in [0.1, 0.15) is 137 Å². The van der Waals surface area contributed by atoms with Gasteiger partial charge in [0.05, 0.1) is 0 Å². The average molecular weight is 510 g/mol. The normalized spacial score (nSPS) is 13.5. The van der Waals surface area contributed by atoms with Crippen LogP contribution in [0.15, 0.2) is 0 Å². The minimum atomic E-state index is 0.257. The van der Waals surface area contributed by atoms with E-state index in [9.17, 15) is 4.79 Å². The number of hydrogen-bond donors (Lipinski definition) is 1. The fourth-order valence-electron chi connectivity index (χ4n) is 5.12. The molecule has 0 fully saturated rings. The molecule has 0 radical (unpaired) electrons. The number of rotatable bonds is 26. The second-order valence-electron chi connectivity index (χ2n) is 12.3. The first-order valence-corrected chi connectivity index (χ1v) is 15.9. The summed E-state index contributed by atoms with van der Waals surface area (Å²) in [6.07, 6.45) is 20.9. The molecule has 216 valence electrons. The van der Waals surface area contributed by atoms with E-state index in [1.807, 2.05) is 18.9 Å². The fourth-order valence-corrected chi connectivity index (χ4v) is 5.12. The molecule has 0 aromatic rings. The number of amides is 1. The largest absolute Gasteiger partial charge is 0.346 e. The summed E-state index contributed by atoms with van der Waals surface area (Å²) in [6, 6.07) is 0. The van der Waals surface area contributed by atoms with Crippen LogP contribution in [0.3, 0.4) is 0 Å². The minimum Gasteiger partial charge on any atom is -0.346 e. The van der Waals surface area contributed by atoms with Gasteiger partial charge < -0.3 is 15.1 Å². The van der Waals surface area contributed by atoms with Crippen LogP contribution < -0.4 is 5.32 Å². The molecule has 0 aliphatic heterocycles. The first kappa shape index (κ1) is 35.4. The molecule has 1 N–H and O–H groups in total. The van der Waals surface area contributed by atoms with Gasteiger partial charge in [0.25, 0.3) is 0 Å². The van der Waals surface area contributed by atoms with Crippen molar-refractivity contribution in [1.82, 2.24) is 15.1 Å². The lowest BCUT2D eigenvalue weighted by Crippen LogP contribution is -2.26. The lowest BCUT2D eigenvalue weighted by molar-refractivity contribution is -0.129. The Balaban J connectivity index is 3.51. The Morgan fingerprint density at radius 3 is 1.86 bits per heavy atom. The molecule has 36 heavy (non-hydrogen) atoms. The summed E-state index contributed by atoms with van der Waals surface area (Å²) in [7, 11) is 4.24. The van der Waals surface area contributed by atoms with E-state index in [1.54, 1.807) is 0 Å². The molecular formula is C32H67N3O. The van der Waals surface area contributed by atoms with Crippen molar-refractivity contribution in [3.63, 3.8) is 0 Å². The molecule has 0 aromatic carbocycles. The zero-order chi connectivity index (χ0) is 27.0. The summed E-state index contributed by atoms with van der Waals surface area (Å²) in [5.41, 5.74) is 0. The maximum atomic E-state index is 11.5. The molecular weight excluding hydrogens is 442 g/mol. The van der Waals surface area contributed by atoms with E-state index < -0.39 is 0 Å². The SMILES string of the molecule is CCC(=O)N(C)CCCCCNCCCC(C)CCC(C)CN(C)CCCCCCCCCC(C)C. The minimum absolute atomic E-state index is 0.257. The monoisotopic (exact) mass is 510 g/mol. The smallest absolute Gasteiger partial charge is 0.222 e. The quantitative estimate of drug-likeness (QED) is 0.119. The van der Waals surface area contributed by atoms with Crippen LogP contribution in [0.2, 0.25) is 0 Å². The lowest BCUT2D eigenvalue weighted by atomic mass is 9.94. The third-order valence-electron chi connectivity index (χ3n) is 7.72. The summed E-state index contributed by atoms with van der Waals surface area (Å²) >= 11 is 0. The van der Waals surface area contributed by atoms with E-state index in [0.717, 1.165) is 43.8 Å². The van der Waals surface area contributed by atoms with Crippen molar-refractivity contribution >= 4 is 5.91 Å². The molecule has 2 unspecified atom stereocenters. The zero-order valence-corrected chi connectivity index (χ0v) is 25.9. The summed E-state index contributed by atoms with van der Waals surface area (Å²) in [5, 5.41) is 3.61. The third kappa shape index (κ3) is 23.8. The number of carbonyl (C=O) groups is 1. The highest BCUT2D eigenvalue weighted by atomic mass is 16.2. The molecule has 0 aliphatic carbocycles. The van der Waals surface area contributed by atoms with Gasteiger partial charge in [0, 0.05) is 26.6 Å². The first-order chi connectivity index (χ1) is 17.3. The molecule has 0 bridgehead atoms. The Morgan fingerprint density at radius 2 is 1.19 bits per heavy atom. The van der Waals surface area contributed by atoms with Gasteiger partial charge >= 0.3 is 0 Å². The van der Waals surface area contributed by atoms with Crippen LogP contribution in [0.4, 0.5) is 0 Å². The van der Waals surface area contributed by atoms with Crippen molar-refractivity contribution < 1.29 is 4.79 Å².